The molecule has 0 bridgehead atoms. The van der Waals surface area contributed by atoms with Gasteiger partial charge in [-0.1, -0.05) is 0 Å². The molecule has 0 N–H and O–H groups in total. The van der Waals surface area contributed by atoms with Crippen LogP contribution in [0.1, 0.15) is 6.42 Å². The van der Waals surface area contributed by atoms with Gasteiger partial charge >= 0.3 is 5.95 Å². The Hall–Kier alpha value is -0.483. The molecule has 0 unspecified atom stereocenters. The van der Waals surface area contributed by atoms with Gasteiger partial charge in [0.15, 0.2) is 0 Å². The van der Waals surface area contributed by atoms with E-state index in [1.807, 2.05) is 6.08 Å². The zero-order valence-electron chi connectivity index (χ0n) is 7.22. The van der Waals surface area contributed by atoms with Crippen molar-refractivity contribution in [1.82, 2.24) is 0 Å². The fourth-order valence-electron chi connectivity index (χ4n) is 0.619. The highest BCUT2D eigenvalue weighted by Crippen LogP contribution is 2.13. The molecule has 0 aromatic carbocycles. The van der Waals surface area contributed by atoms with Crippen LogP contribution in [0, 0.1) is 0 Å². The molecule has 0 radical (unpaired) electrons. The maximum atomic E-state index is 5.16. The number of ether oxygens (including phenoxy) is 1. The molecule has 3 nitrogen and oxygen atoms in total. The molecule has 0 aliphatic carbocycles. The Bertz CT molecular complexity index is 160. The Morgan fingerprint density at radius 1 is 1.45 bits per heavy atom. The Balaban J connectivity index is 2.22. The summed E-state index contributed by atoms with van der Waals surface area (Å²) in [6.45, 7) is 6.89. The second-order valence-electron chi connectivity index (χ2n) is 3.44. The first-order valence-corrected chi connectivity index (χ1v) is 7.17. The fraction of sp³-hybridized carbons (Fsp3) is 0.714. The van der Waals surface area contributed by atoms with Crippen molar-refractivity contribution >= 4 is 8.32 Å². The molecule has 1 heterocycles. The summed E-state index contributed by atoms with van der Waals surface area (Å²) in [6.07, 6.45) is 2.81. The smallest absolute Gasteiger partial charge is 0.311 e. The van der Waals surface area contributed by atoms with Crippen LogP contribution in [0.3, 0.4) is 0 Å². The van der Waals surface area contributed by atoms with E-state index in [-0.39, 0.29) is 0 Å². The van der Waals surface area contributed by atoms with Gasteiger partial charge in [0.25, 0.3) is 0 Å². The van der Waals surface area contributed by atoms with Crippen LogP contribution >= 0.6 is 0 Å². The van der Waals surface area contributed by atoms with E-state index in [9.17, 15) is 0 Å². The second-order valence-corrected chi connectivity index (χ2v) is 7.83. The predicted octanol–water partition coefficient (Wildman–Crippen LogP) is 2.03. The SMILES string of the molecule is C[Si](C)(C)OOC1=CCCO1. The normalized spacial score (nSPS) is 17.5. The molecule has 4 heteroatoms. The van der Waals surface area contributed by atoms with Crippen LogP contribution in [0.25, 0.3) is 0 Å². The molecule has 0 saturated heterocycles. The zero-order chi connectivity index (χ0) is 8.32. The van der Waals surface area contributed by atoms with Crippen LogP contribution < -0.4 is 0 Å². The lowest BCUT2D eigenvalue weighted by atomic mass is 10.5. The minimum atomic E-state index is -1.57. The molecular weight excluding hydrogens is 160 g/mol. The van der Waals surface area contributed by atoms with Gasteiger partial charge in [-0.05, 0) is 19.6 Å². The second kappa shape index (κ2) is 3.28. The lowest BCUT2D eigenvalue weighted by molar-refractivity contribution is -0.216. The lowest BCUT2D eigenvalue weighted by Gasteiger charge is -2.15. The first kappa shape index (κ1) is 8.61. The summed E-state index contributed by atoms with van der Waals surface area (Å²) in [4.78, 5) is 4.97. The minimum Gasteiger partial charge on any atom is -0.463 e. The van der Waals surface area contributed by atoms with Crippen molar-refractivity contribution < 1.29 is 14.2 Å². The number of rotatable bonds is 3. The van der Waals surface area contributed by atoms with E-state index in [1.54, 1.807) is 0 Å². The van der Waals surface area contributed by atoms with E-state index in [0.29, 0.717) is 12.6 Å². The molecule has 1 aliphatic heterocycles. The summed E-state index contributed by atoms with van der Waals surface area (Å²) in [5.41, 5.74) is 0. The topological polar surface area (TPSA) is 27.7 Å². The third-order valence-electron chi connectivity index (χ3n) is 1.05. The van der Waals surface area contributed by atoms with Crippen LogP contribution in [0.2, 0.25) is 19.6 Å². The van der Waals surface area contributed by atoms with Crippen molar-refractivity contribution in [2.24, 2.45) is 0 Å². The monoisotopic (exact) mass is 174 g/mol. The fourth-order valence-corrected chi connectivity index (χ4v) is 0.951. The molecule has 0 saturated carbocycles. The van der Waals surface area contributed by atoms with Crippen molar-refractivity contribution in [3.8, 4) is 0 Å². The van der Waals surface area contributed by atoms with Gasteiger partial charge in [-0.3, -0.25) is 0 Å². The molecule has 1 aliphatic rings. The lowest BCUT2D eigenvalue weighted by Crippen LogP contribution is -2.25. The van der Waals surface area contributed by atoms with Crippen molar-refractivity contribution in [3.05, 3.63) is 12.0 Å². The van der Waals surface area contributed by atoms with Gasteiger partial charge in [-0.15, -0.1) is 0 Å². The maximum Gasteiger partial charge on any atom is 0.311 e. The average Bonchev–Trinajstić information content (AvgIpc) is 2.32. The maximum absolute atomic E-state index is 5.16. The molecule has 0 atom stereocenters. The summed E-state index contributed by atoms with van der Waals surface area (Å²) in [7, 11) is -1.57. The van der Waals surface area contributed by atoms with Crippen molar-refractivity contribution in [3.63, 3.8) is 0 Å². The van der Waals surface area contributed by atoms with E-state index in [1.165, 1.54) is 0 Å². The number of hydrogen-bond donors (Lipinski definition) is 0. The highest BCUT2D eigenvalue weighted by Gasteiger charge is 2.19. The standard InChI is InChI=1S/C7H14O3Si/c1-11(2,3)10-9-7-5-4-6-8-7/h5H,4,6H2,1-3H3. The van der Waals surface area contributed by atoms with Gasteiger partial charge in [0.1, 0.15) is 0 Å². The molecule has 11 heavy (non-hydrogen) atoms. The van der Waals surface area contributed by atoms with E-state index in [2.05, 4.69) is 19.6 Å². The Labute approximate surface area is 68.0 Å². The molecular formula is C7H14O3Si. The Morgan fingerprint density at radius 3 is 2.64 bits per heavy atom. The van der Waals surface area contributed by atoms with E-state index in [0.717, 1.165) is 6.42 Å². The quantitative estimate of drug-likeness (QED) is 0.372. The Kier molecular flexibility index (Phi) is 2.56. The van der Waals surface area contributed by atoms with E-state index < -0.39 is 8.32 Å². The average molecular weight is 174 g/mol. The first-order valence-electron chi connectivity index (χ1n) is 3.76. The molecule has 0 aromatic rings. The van der Waals surface area contributed by atoms with E-state index >= 15 is 0 Å². The number of hydrogen-bond acceptors (Lipinski definition) is 3. The molecule has 0 spiro atoms. The van der Waals surface area contributed by atoms with Crippen LogP contribution in [-0.2, 0) is 14.2 Å². The highest BCUT2D eigenvalue weighted by molar-refractivity contribution is 6.69. The van der Waals surface area contributed by atoms with Crippen molar-refractivity contribution in [2.75, 3.05) is 6.61 Å². The van der Waals surface area contributed by atoms with Gasteiger partial charge in [0.2, 0.25) is 8.32 Å². The largest absolute Gasteiger partial charge is 0.463 e. The predicted molar refractivity (Wildman–Crippen MR) is 44.2 cm³/mol. The summed E-state index contributed by atoms with van der Waals surface area (Å²) in [5.74, 6) is 0.521. The van der Waals surface area contributed by atoms with Gasteiger partial charge in [-0.25, -0.2) is 4.58 Å². The summed E-state index contributed by atoms with van der Waals surface area (Å²) >= 11 is 0. The minimum absolute atomic E-state index is 0.521. The summed E-state index contributed by atoms with van der Waals surface area (Å²) in [6, 6.07) is 0. The van der Waals surface area contributed by atoms with Gasteiger partial charge in [-0.2, -0.15) is 0 Å². The highest BCUT2D eigenvalue weighted by atomic mass is 28.4. The van der Waals surface area contributed by atoms with Gasteiger partial charge in [0.05, 0.1) is 6.61 Å². The zero-order valence-corrected chi connectivity index (χ0v) is 8.22. The van der Waals surface area contributed by atoms with Crippen molar-refractivity contribution in [2.45, 2.75) is 26.1 Å². The van der Waals surface area contributed by atoms with Gasteiger partial charge < -0.3 is 9.62 Å². The molecule has 1 rings (SSSR count). The third kappa shape index (κ3) is 3.43. The first-order chi connectivity index (χ1) is 5.08. The molecule has 64 valence electrons. The molecule has 0 aromatic heterocycles. The molecule has 0 amide bonds. The third-order valence-corrected chi connectivity index (χ3v) is 1.63. The van der Waals surface area contributed by atoms with Crippen LogP contribution in [0.4, 0.5) is 0 Å². The van der Waals surface area contributed by atoms with Crippen LogP contribution in [0.15, 0.2) is 12.0 Å². The van der Waals surface area contributed by atoms with Crippen LogP contribution in [-0.4, -0.2) is 14.9 Å². The summed E-state index contributed by atoms with van der Waals surface area (Å²) in [5, 5.41) is 0. The molecule has 0 fully saturated rings. The van der Waals surface area contributed by atoms with Gasteiger partial charge in [0, 0.05) is 12.5 Å². The summed E-state index contributed by atoms with van der Waals surface area (Å²) < 4.78 is 10.2. The van der Waals surface area contributed by atoms with Crippen molar-refractivity contribution in [1.29, 1.82) is 0 Å². The van der Waals surface area contributed by atoms with Crippen LogP contribution in [0.5, 0.6) is 0 Å². The van der Waals surface area contributed by atoms with E-state index in [4.69, 9.17) is 14.2 Å². The Morgan fingerprint density at radius 2 is 2.18 bits per heavy atom.